The molecule has 0 radical (unpaired) electrons. The Labute approximate surface area is 118 Å². The van der Waals surface area contributed by atoms with Crippen LogP contribution in [0.1, 0.15) is 30.1 Å². The van der Waals surface area contributed by atoms with Gasteiger partial charge in [-0.05, 0) is 31.9 Å². The van der Waals surface area contributed by atoms with Crippen LogP contribution in [0.5, 0.6) is 0 Å². The summed E-state index contributed by atoms with van der Waals surface area (Å²) in [5.74, 6) is -0.244. The highest BCUT2D eigenvalue weighted by atomic mass is 16.5. The van der Waals surface area contributed by atoms with E-state index in [2.05, 4.69) is 10.6 Å². The molecule has 2 N–H and O–H groups in total. The van der Waals surface area contributed by atoms with Crippen molar-refractivity contribution in [2.75, 3.05) is 25.1 Å². The van der Waals surface area contributed by atoms with Crippen LogP contribution in [0.2, 0.25) is 0 Å². The molecule has 1 aromatic carbocycles. The molecule has 5 nitrogen and oxygen atoms in total. The maximum atomic E-state index is 12.2. The first-order chi connectivity index (χ1) is 9.72. The van der Waals surface area contributed by atoms with E-state index < -0.39 is 0 Å². The van der Waals surface area contributed by atoms with E-state index in [4.69, 9.17) is 4.74 Å². The van der Waals surface area contributed by atoms with E-state index in [-0.39, 0.29) is 17.7 Å². The van der Waals surface area contributed by atoms with E-state index in [1.807, 2.05) is 13.0 Å². The Morgan fingerprint density at radius 2 is 1.95 bits per heavy atom. The van der Waals surface area contributed by atoms with Crippen molar-refractivity contribution in [3.63, 3.8) is 0 Å². The van der Waals surface area contributed by atoms with Crippen LogP contribution >= 0.6 is 0 Å². The molecule has 0 bridgehead atoms. The van der Waals surface area contributed by atoms with Crippen LogP contribution in [0.25, 0.3) is 0 Å². The molecule has 0 spiro atoms. The zero-order valence-electron chi connectivity index (χ0n) is 11.6. The topological polar surface area (TPSA) is 67.4 Å². The second-order valence-corrected chi connectivity index (χ2v) is 4.78. The van der Waals surface area contributed by atoms with Crippen molar-refractivity contribution in [2.45, 2.75) is 19.8 Å². The molecule has 0 aliphatic carbocycles. The lowest BCUT2D eigenvalue weighted by molar-refractivity contribution is -0.122. The average Bonchev–Trinajstić information content (AvgIpc) is 2.49. The van der Waals surface area contributed by atoms with Crippen molar-refractivity contribution in [1.82, 2.24) is 5.32 Å². The lowest BCUT2D eigenvalue weighted by Crippen LogP contribution is -2.30. The second kappa shape index (κ2) is 7.05. The summed E-state index contributed by atoms with van der Waals surface area (Å²) in [5, 5.41) is 5.61. The van der Waals surface area contributed by atoms with Gasteiger partial charge in [-0.25, -0.2) is 0 Å². The van der Waals surface area contributed by atoms with E-state index in [9.17, 15) is 9.59 Å². The standard InChI is InChI=1S/C15H20N2O3/c1-2-16-15(19)12-5-3-4-6-13(12)17-14(18)11-7-9-20-10-8-11/h3-6,11H,2,7-10H2,1H3,(H,16,19)(H,17,18). The number of anilines is 1. The molecule has 1 aromatic rings. The largest absolute Gasteiger partial charge is 0.381 e. The van der Waals surface area contributed by atoms with Crippen LogP contribution < -0.4 is 10.6 Å². The molecule has 2 rings (SSSR count). The fourth-order valence-electron chi connectivity index (χ4n) is 2.24. The minimum atomic E-state index is -0.171. The SMILES string of the molecule is CCNC(=O)c1ccccc1NC(=O)C1CCOCC1. The first kappa shape index (κ1) is 14.5. The summed E-state index contributed by atoms with van der Waals surface area (Å²) in [7, 11) is 0. The summed E-state index contributed by atoms with van der Waals surface area (Å²) in [4.78, 5) is 24.1. The summed E-state index contributed by atoms with van der Waals surface area (Å²) in [6.07, 6.45) is 1.46. The van der Waals surface area contributed by atoms with Crippen molar-refractivity contribution in [2.24, 2.45) is 5.92 Å². The van der Waals surface area contributed by atoms with E-state index >= 15 is 0 Å². The van der Waals surface area contributed by atoms with E-state index in [0.717, 1.165) is 12.8 Å². The predicted molar refractivity (Wildman–Crippen MR) is 76.6 cm³/mol. The molecule has 5 heteroatoms. The van der Waals surface area contributed by atoms with Crippen molar-refractivity contribution < 1.29 is 14.3 Å². The van der Waals surface area contributed by atoms with Crippen LogP contribution in [-0.4, -0.2) is 31.6 Å². The maximum absolute atomic E-state index is 12.2. The van der Waals surface area contributed by atoms with Crippen LogP contribution in [0.3, 0.4) is 0 Å². The van der Waals surface area contributed by atoms with Crippen LogP contribution in [0.15, 0.2) is 24.3 Å². The Morgan fingerprint density at radius 3 is 2.65 bits per heavy atom. The smallest absolute Gasteiger partial charge is 0.253 e. The van der Waals surface area contributed by atoms with Gasteiger partial charge in [-0.1, -0.05) is 12.1 Å². The summed E-state index contributed by atoms with van der Waals surface area (Å²) in [6.45, 7) is 3.66. The molecule has 1 fully saturated rings. The number of hydrogen-bond acceptors (Lipinski definition) is 3. The molecule has 1 aliphatic rings. The summed E-state index contributed by atoms with van der Waals surface area (Å²) >= 11 is 0. The van der Waals surface area contributed by atoms with E-state index in [0.29, 0.717) is 31.0 Å². The van der Waals surface area contributed by atoms with Crippen molar-refractivity contribution in [3.05, 3.63) is 29.8 Å². The molecule has 0 saturated carbocycles. The molecular weight excluding hydrogens is 256 g/mol. The lowest BCUT2D eigenvalue weighted by Gasteiger charge is -2.21. The monoisotopic (exact) mass is 276 g/mol. The van der Waals surface area contributed by atoms with Crippen LogP contribution in [-0.2, 0) is 9.53 Å². The lowest BCUT2D eigenvalue weighted by atomic mass is 9.99. The summed E-state index contributed by atoms with van der Waals surface area (Å²) in [5.41, 5.74) is 1.06. The maximum Gasteiger partial charge on any atom is 0.253 e. The molecular formula is C15H20N2O3. The third kappa shape index (κ3) is 3.57. The van der Waals surface area contributed by atoms with E-state index in [1.54, 1.807) is 18.2 Å². The van der Waals surface area contributed by atoms with Gasteiger partial charge >= 0.3 is 0 Å². The zero-order valence-corrected chi connectivity index (χ0v) is 11.6. The second-order valence-electron chi connectivity index (χ2n) is 4.78. The molecule has 0 unspecified atom stereocenters. The van der Waals surface area contributed by atoms with Gasteiger partial charge in [0.05, 0.1) is 11.3 Å². The number of nitrogens with one attached hydrogen (secondary N) is 2. The highest BCUT2D eigenvalue weighted by molar-refractivity contribution is 6.04. The number of benzene rings is 1. The Balaban J connectivity index is 2.08. The van der Waals surface area contributed by atoms with Gasteiger partial charge in [-0.3, -0.25) is 9.59 Å². The fourth-order valence-corrected chi connectivity index (χ4v) is 2.24. The third-order valence-electron chi connectivity index (χ3n) is 3.36. The van der Waals surface area contributed by atoms with Gasteiger partial charge in [0.1, 0.15) is 0 Å². The third-order valence-corrected chi connectivity index (χ3v) is 3.36. The normalized spacial score (nSPS) is 15.7. The average molecular weight is 276 g/mol. The van der Waals surface area contributed by atoms with Crippen molar-refractivity contribution in [1.29, 1.82) is 0 Å². The van der Waals surface area contributed by atoms with Gasteiger partial charge in [-0.15, -0.1) is 0 Å². The van der Waals surface area contributed by atoms with Crippen molar-refractivity contribution in [3.8, 4) is 0 Å². The molecule has 2 amide bonds. The number of carbonyl (C=O) groups excluding carboxylic acids is 2. The fraction of sp³-hybridized carbons (Fsp3) is 0.467. The van der Waals surface area contributed by atoms with Gasteiger partial charge in [0.2, 0.25) is 5.91 Å². The number of para-hydroxylation sites is 1. The van der Waals surface area contributed by atoms with Gasteiger partial charge < -0.3 is 15.4 Å². The molecule has 0 aromatic heterocycles. The predicted octanol–water partition coefficient (Wildman–Crippen LogP) is 1.80. The summed E-state index contributed by atoms with van der Waals surface area (Å²) in [6, 6.07) is 7.06. The first-order valence-electron chi connectivity index (χ1n) is 6.98. The number of rotatable bonds is 4. The van der Waals surface area contributed by atoms with Gasteiger partial charge in [0.15, 0.2) is 0 Å². The first-order valence-corrected chi connectivity index (χ1v) is 6.98. The summed E-state index contributed by atoms with van der Waals surface area (Å²) < 4.78 is 5.25. The minimum Gasteiger partial charge on any atom is -0.381 e. The Kier molecular flexibility index (Phi) is 5.12. The van der Waals surface area contributed by atoms with E-state index in [1.165, 1.54) is 0 Å². The number of hydrogen-bond donors (Lipinski definition) is 2. The molecule has 20 heavy (non-hydrogen) atoms. The Morgan fingerprint density at radius 1 is 1.25 bits per heavy atom. The van der Waals surface area contributed by atoms with Crippen LogP contribution in [0.4, 0.5) is 5.69 Å². The molecule has 1 heterocycles. The van der Waals surface area contributed by atoms with Crippen LogP contribution in [0, 0.1) is 5.92 Å². The highest BCUT2D eigenvalue weighted by Gasteiger charge is 2.22. The van der Waals surface area contributed by atoms with Gasteiger partial charge in [0, 0.05) is 25.7 Å². The van der Waals surface area contributed by atoms with Gasteiger partial charge in [-0.2, -0.15) is 0 Å². The van der Waals surface area contributed by atoms with Crippen molar-refractivity contribution >= 4 is 17.5 Å². The number of ether oxygens (including phenoxy) is 1. The quantitative estimate of drug-likeness (QED) is 0.881. The minimum absolute atomic E-state index is 0.0361. The van der Waals surface area contributed by atoms with Gasteiger partial charge in [0.25, 0.3) is 5.91 Å². The number of amides is 2. The molecule has 0 atom stereocenters. The molecule has 108 valence electrons. The Bertz CT molecular complexity index is 482. The number of carbonyl (C=O) groups is 2. The zero-order chi connectivity index (χ0) is 14.4. The molecule has 1 aliphatic heterocycles. The Hall–Kier alpha value is -1.88. The highest BCUT2D eigenvalue weighted by Crippen LogP contribution is 2.20. The molecule has 1 saturated heterocycles.